The summed E-state index contributed by atoms with van der Waals surface area (Å²) in [5.41, 5.74) is 1.56. The number of carbonyl (C=O) groups is 1. The van der Waals surface area contributed by atoms with E-state index in [1.165, 1.54) is 18.2 Å². The Morgan fingerprint density at radius 2 is 1.77 bits per heavy atom. The molecule has 0 aliphatic heterocycles. The van der Waals surface area contributed by atoms with Crippen LogP contribution in [0, 0.1) is 5.82 Å². The van der Waals surface area contributed by atoms with Crippen molar-refractivity contribution in [3.63, 3.8) is 0 Å². The summed E-state index contributed by atoms with van der Waals surface area (Å²) in [5.74, 6) is -1.44. The van der Waals surface area contributed by atoms with Gasteiger partial charge in [0.05, 0.1) is 0 Å². The number of benzene rings is 2. The maximum absolute atomic E-state index is 13.1. The topological polar surface area (TPSA) is 54.4 Å². The van der Waals surface area contributed by atoms with Gasteiger partial charge < -0.3 is 5.11 Å². The molecule has 0 fully saturated rings. The Morgan fingerprint density at radius 1 is 1.09 bits per heavy atom. The summed E-state index contributed by atoms with van der Waals surface area (Å²) in [6.07, 6.45) is 0.841. The van der Waals surface area contributed by atoms with Gasteiger partial charge in [0, 0.05) is 16.6 Å². The largest absolute Gasteiger partial charge is 0.480 e. The van der Waals surface area contributed by atoms with Gasteiger partial charge in [0.1, 0.15) is 11.1 Å². The molecule has 0 saturated carbocycles. The fourth-order valence-corrected chi connectivity index (χ4v) is 3.52. The molecule has 3 nitrogen and oxygen atoms in total. The molecule has 0 aliphatic carbocycles. The third-order valence-electron chi connectivity index (χ3n) is 3.33. The highest BCUT2D eigenvalue weighted by Crippen LogP contribution is 2.14. The lowest BCUT2D eigenvalue weighted by Crippen LogP contribution is -2.27. The second-order valence-electron chi connectivity index (χ2n) is 5.01. The number of halogens is 1. The van der Waals surface area contributed by atoms with Crippen molar-refractivity contribution in [1.29, 1.82) is 0 Å². The maximum atomic E-state index is 13.1. The van der Waals surface area contributed by atoms with Gasteiger partial charge in [0.15, 0.2) is 0 Å². The van der Waals surface area contributed by atoms with Crippen molar-refractivity contribution >= 4 is 16.8 Å². The van der Waals surface area contributed by atoms with Crippen LogP contribution in [0.2, 0.25) is 0 Å². The first-order valence-electron chi connectivity index (χ1n) is 6.94. The van der Waals surface area contributed by atoms with E-state index < -0.39 is 27.8 Å². The van der Waals surface area contributed by atoms with Gasteiger partial charge in [-0.2, -0.15) is 0 Å². The average Bonchev–Trinajstić information content (AvgIpc) is 2.48. The fraction of sp³-hybridized carbons (Fsp3) is 0.235. The van der Waals surface area contributed by atoms with Crippen molar-refractivity contribution < 1.29 is 18.5 Å². The number of hydrogen-bond donors (Lipinski definition) is 1. The van der Waals surface area contributed by atoms with E-state index in [0.29, 0.717) is 18.4 Å². The van der Waals surface area contributed by atoms with Gasteiger partial charge in [-0.15, -0.1) is 0 Å². The van der Waals surface area contributed by atoms with Crippen molar-refractivity contribution in [3.8, 4) is 0 Å². The van der Waals surface area contributed by atoms with E-state index >= 15 is 0 Å². The Kier molecular flexibility index (Phi) is 5.83. The minimum absolute atomic E-state index is 0.0452. The number of carboxylic acid groups (broad SMARTS) is 1. The van der Waals surface area contributed by atoms with E-state index in [9.17, 15) is 18.5 Å². The smallest absolute Gasteiger partial charge is 0.319 e. The Labute approximate surface area is 131 Å². The minimum Gasteiger partial charge on any atom is -0.480 e. The quantitative estimate of drug-likeness (QED) is 0.852. The molecule has 5 heteroatoms. The van der Waals surface area contributed by atoms with Gasteiger partial charge in [-0.05, 0) is 36.1 Å². The van der Waals surface area contributed by atoms with E-state index in [4.69, 9.17) is 0 Å². The van der Waals surface area contributed by atoms with Crippen molar-refractivity contribution in [2.24, 2.45) is 0 Å². The van der Waals surface area contributed by atoms with Crippen LogP contribution in [0.25, 0.3) is 0 Å². The van der Waals surface area contributed by atoms with Crippen LogP contribution in [0.4, 0.5) is 4.39 Å². The van der Waals surface area contributed by atoms with Gasteiger partial charge in [0.2, 0.25) is 0 Å². The fourth-order valence-electron chi connectivity index (χ4n) is 2.20. The second kappa shape index (κ2) is 7.84. The van der Waals surface area contributed by atoms with E-state index in [1.54, 1.807) is 6.07 Å². The van der Waals surface area contributed by atoms with E-state index in [2.05, 4.69) is 0 Å². The summed E-state index contributed by atoms with van der Waals surface area (Å²) in [6, 6.07) is 15.2. The van der Waals surface area contributed by atoms with Gasteiger partial charge in [0.25, 0.3) is 0 Å². The number of carboxylic acids is 1. The van der Waals surface area contributed by atoms with Gasteiger partial charge in [-0.3, -0.25) is 9.00 Å². The first kappa shape index (κ1) is 16.4. The highest BCUT2D eigenvalue weighted by Gasteiger charge is 2.24. The molecule has 1 N–H and O–H groups in total. The zero-order chi connectivity index (χ0) is 15.9. The lowest BCUT2D eigenvalue weighted by atomic mass is 10.1. The molecule has 2 unspecified atom stereocenters. The van der Waals surface area contributed by atoms with Crippen molar-refractivity contribution in [3.05, 3.63) is 71.5 Å². The molecule has 0 heterocycles. The van der Waals surface area contributed by atoms with E-state index in [0.717, 1.165) is 5.56 Å². The molecule has 22 heavy (non-hydrogen) atoms. The van der Waals surface area contributed by atoms with Gasteiger partial charge in [-0.25, -0.2) is 4.39 Å². The zero-order valence-corrected chi connectivity index (χ0v) is 12.8. The Morgan fingerprint density at radius 3 is 2.41 bits per heavy atom. The molecule has 2 aromatic carbocycles. The van der Waals surface area contributed by atoms with Crippen LogP contribution in [0.1, 0.15) is 17.5 Å². The number of aliphatic carboxylic acids is 1. The van der Waals surface area contributed by atoms with Crippen LogP contribution in [0.15, 0.2) is 54.6 Å². The number of hydrogen-bond acceptors (Lipinski definition) is 2. The van der Waals surface area contributed by atoms with Crippen LogP contribution in [0.3, 0.4) is 0 Å². The molecular weight excluding hydrogens is 303 g/mol. The molecule has 0 aromatic heterocycles. The van der Waals surface area contributed by atoms with Crippen LogP contribution in [0.5, 0.6) is 0 Å². The monoisotopic (exact) mass is 320 g/mol. The standard InChI is InChI=1S/C17H17FO3S/c18-15-8-4-7-14(11-15)12-22(21)16(17(19)20)10-9-13-5-2-1-3-6-13/h1-8,11,16H,9-10,12H2,(H,19,20). The highest BCUT2D eigenvalue weighted by atomic mass is 32.2. The highest BCUT2D eigenvalue weighted by molar-refractivity contribution is 7.85. The molecule has 116 valence electrons. The van der Waals surface area contributed by atoms with E-state index in [-0.39, 0.29) is 5.75 Å². The van der Waals surface area contributed by atoms with Gasteiger partial charge >= 0.3 is 5.97 Å². The average molecular weight is 320 g/mol. The van der Waals surface area contributed by atoms with Crippen molar-refractivity contribution in [2.45, 2.75) is 23.8 Å². The van der Waals surface area contributed by atoms with Crippen LogP contribution in [-0.2, 0) is 27.8 Å². The van der Waals surface area contributed by atoms with Crippen LogP contribution in [-0.4, -0.2) is 20.5 Å². The van der Waals surface area contributed by atoms with Gasteiger partial charge in [-0.1, -0.05) is 42.5 Å². The summed E-state index contributed by atoms with van der Waals surface area (Å²) in [7, 11) is -1.59. The summed E-state index contributed by atoms with van der Waals surface area (Å²) in [5, 5.41) is 8.33. The van der Waals surface area contributed by atoms with Crippen LogP contribution < -0.4 is 0 Å². The molecule has 0 radical (unpaired) electrons. The minimum atomic E-state index is -1.59. The summed E-state index contributed by atoms with van der Waals surface area (Å²) in [6.45, 7) is 0. The number of rotatable bonds is 7. The van der Waals surface area contributed by atoms with E-state index in [1.807, 2.05) is 30.3 Å². The molecule has 2 atom stereocenters. The van der Waals surface area contributed by atoms with Crippen molar-refractivity contribution in [1.82, 2.24) is 0 Å². The molecule has 2 aromatic rings. The first-order chi connectivity index (χ1) is 10.6. The summed E-state index contributed by atoms with van der Waals surface area (Å²) in [4.78, 5) is 11.4. The predicted octanol–water partition coefficient (Wildman–Crippen LogP) is 3.16. The van der Waals surface area contributed by atoms with Crippen molar-refractivity contribution in [2.75, 3.05) is 0 Å². The zero-order valence-electron chi connectivity index (χ0n) is 11.9. The normalized spacial score (nSPS) is 13.5. The summed E-state index contributed by atoms with van der Waals surface area (Å²) < 4.78 is 25.4. The third kappa shape index (κ3) is 4.77. The predicted molar refractivity (Wildman–Crippen MR) is 84.4 cm³/mol. The second-order valence-corrected chi connectivity index (χ2v) is 6.63. The molecule has 0 spiro atoms. The SMILES string of the molecule is O=C(O)C(CCc1ccccc1)S(=O)Cc1cccc(F)c1. The lowest BCUT2D eigenvalue weighted by Gasteiger charge is -2.12. The first-order valence-corrected chi connectivity index (χ1v) is 8.33. The van der Waals surface area contributed by atoms with Crippen LogP contribution >= 0.6 is 0 Å². The molecule has 0 bridgehead atoms. The molecular formula is C17H17FO3S. The third-order valence-corrected chi connectivity index (χ3v) is 5.02. The lowest BCUT2D eigenvalue weighted by molar-refractivity contribution is -0.136. The Balaban J connectivity index is 2.01. The molecule has 2 rings (SSSR count). The molecule has 0 aliphatic rings. The Hall–Kier alpha value is -2.01. The number of aryl methyl sites for hydroxylation is 1. The Bertz CT molecular complexity index is 658. The molecule has 0 amide bonds. The molecule has 0 saturated heterocycles. The maximum Gasteiger partial charge on any atom is 0.319 e. The summed E-state index contributed by atoms with van der Waals surface area (Å²) >= 11 is 0.